The van der Waals surface area contributed by atoms with Gasteiger partial charge in [-0.2, -0.15) is 13.8 Å². The van der Waals surface area contributed by atoms with E-state index in [4.69, 9.17) is 0 Å². The number of nitrogens with zero attached hydrogens (tertiary/aromatic N) is 1. The molecule has 160 valence electrons. The number of alkyl halides is 2. The summed E-state index contributed by atoms with van der Waals surface area (Å²) in [5.74, 6) is -0.0437. The topological polar surface area (TPSA) is 44.4 Å². The van der Waals surface area contributed by atoms with Gasteiger partial charge in [0.2, 0.25) is 5.91 Å². The van der Waals surface area contributed by atoms with Crippen LogP contribution in [0.1, 0.15) is 62.6 Å². The number of amides is 1. The number of rotatable bonds is 4. The maximum atomic E-state index is 13.9. The van der Waals surface area contributed by atoms with Crippen LogP contribution in [0.2, 0.25) is 0 Å². The van der Waals surface area contributed by atoms with Crippen molar-refractivity contribution < 1.29 is 13.6 Å². The van der Waals surface area contributed by atoms with E-state index in [0.717, 1.165) is 34.7 Å². The Kier molecular flexibility index (Phi) is 5.53. The number of benzene rings is 2. The van der Waals surface area contributed by atoms with Crippen molar-refractivity contribution in [3.05, 3.63) is 59.2 Å². The first-order valence-electron chi connectivity index (χ1n) is 10.7. The van der Waals surface area contributed by atoms with Gasteiger partial charge in [0.1, 0.15) is 6.04 Å². The van der Waals surface area contributed by atoms with Crippen LogP contribution in [0.3, 0.4) is 0 Å². The molecule has 1 unspecified atom stereocenters. The standard InChI is InChI=1S/C24H29F2N3O/c1-4-15-14-24(2,3)17-9-7-11-19(21(15)17)27-22(30)20-13-12-16-8-5-6-10-18(16)28-29(20)23(25)26/h5-11,15,20,23,28H,4,12-14H2,1-3H3,(H,27,30)/t15-,20?/m1/s1. The number of hydrogen-bond acceptors (Lipinski definition) is 3. The smallest absolute Gasteiger partial charge is 0.311 e. The number of para-hydroxylation sites is 1. The van der Waals surface area contributed by atoms with Gasteiger partial charge < -0.3 is 10.7 Å². The first-order chi connectivity index (χ1) is 14.3. The van der Waals surface area contributed by atoms with E-state index in [1.54, 1.807) is 12.1 Å². The Balaban J connectivity index is 1.62. The number of carbonyl (C=O) groups is 1. The Labute approximate surface area is 176 Å². The summed E-state index contributed by atoms with van der Waals surface area (Å²) >= 11 is 0. The maximum Gasteiger partial charge on any atom is 0.311 e. The van der Waals surface area contributed by atoms with Crippen LogP contribution in [0.15, 0.2) is 42.5 Å². The van der Waals surface area contributed by atoms with Crippen molar-refractivity contribution in [1.29, 1.82) is 0 Å². The number of hydrogen-bond donors (Lipinski definition) is 2. The molecule has 30 heavy (non-hydrogen) atoms. The molecule has 1 aliphatic heterocycles. The predicted octanol–water partition coefficient (Wildman–Crippen LogP) is 5.67. The summed E-state index contributed by atoms with van der Waals surface area (Å²) in [6, 6.07) is 12.3. The third kappa shape index (κ3) is 3.69. The van der Waals surface area contributed by atoms with E-state index in [9.17, 15) is 13.6 Å². The molecule has 0 saturated carbocycles. The molecule has 2 aromatic rings. The van der Waals surface area contributed by atoms with Gasteiger partial charge in [-0.1, -0.05) is 51.1 Å². The number of fused-ring (bicyclic) bond motifs is 2. The molecule has 2 aliphatic rings. The summed E-state index contributed by atoms with van der Waals surface area (Å²) in [4.78, 5) is 13.2. The summed E-state index contributed by atoms with van der Waals surface area (Å²) in [5.41, 5.74) is 7.54. The van der Waals surface area contributed by atoms with E-state index >= 15 is 0 Å². The number of nitrogens with one attached hydrogen (secondary N) is 2. The van der Waals surface area contributed by atoms with Gasteiger partial charge in [0.15, 0.2) is 0 Å². The first-order valence-corrected chi connectivity index (χ1v) is 10.7. The highest BCUT2D eigenvalue weighted by Crippen LogP contribution is 2.50. The molecule has 0 aromatic heterocycles. The molecule has 0 bridgehead atoms. The fourth-order valence-corrected chi connectivity index (χ4v) is 5.03. The van der Waals surface area contributed by atoms with Crippen LogP contribution in [0.5, 0.6) is 0 Å². The van der Waals surface area contributed by atoms with E-state index in [1.165, 1.54) is 5.56 Å². The Morgan fingerprint density at radius 3 is 2.73 bits per heavy atom. The molecule has 1 aliphatic carbocycles. The van der Waals surface area contributed by atoms with Crippen LogP contribution in [0, 0.1) is 0 Å². The van der Waals surface area contributed by atoms with Crippen LogP contribution in [-0.4, -0.2) is 23.5 Å². The molecule has 0 fully saturated rings. The summed E-state index contributed by atoms with van der Waals surface area (Å²) in [5, 5.41) is 3.78. The Bertz CT molecular complexity index is 944. The van der Waals surface area contributed by atoms with Crippen molar-refractivity contribution in [3.8, 4) is 0 Å². The van der Waals surface area contributed by atoms with Crippen LogP contribution < -0.4 is 10.7 Å². The van der Waals surface area contributed by atoms with Crippen molar-refractivity contribution in [1.82, 2.24) is 5.01 Å². The second-order valence-electron chi connectivity index (χ2n) is 8.96. The largest absolute Gasteiger partial charge is 0.324 e. The van der Waals surface area contributed by atoms with Gasteiger partial charge in [0, 0.05) is 5.69 Å². The van der Waals surface area contributed by atoms with Gasteiger partial charge in [0.25, 0.3) is 0 Å². The van der Waals surface area contributed by atoms with Gasteiger partial charge >= 0.3 is 6.55 Å². The molecule has 2 atom stereocenters. The lowest BCUT2D eigenvalue weighted by molar-refractivity contribution is -0.127. The van der Waals surface area contributed by atoms with E-state index < -0.39 is 18.5 Å². The molecular formula is C24H29F2N3O. The maximum absolute atomic E-state index is 13.9. The fraction of sp³-hybridized carbons (Fsp3) is 0.458. The second-order valence-corrected chi connectivity index (χ2v) is 8.96. The number of halogens is 2. The van der Waals surface area contributed by atoms with Gasteiger partial charge in [-0.25, -0.2) is 0 Å². The van der Waals surface area contributed by atoms with E-state index in [0.29, 0.717) is 24.4 Å². The molecule has 4 rings (SSSR count). The minimum atomic E-state index is -2.80. The lowest BCUT2D eigenvalue weighted by Crippen LogP contribution is -2.49. The third-order valence-corrected chi connectivity index (χ3v) is 6.55. The molecule has 4 nitrogen and oxygen atoms in total. The third-order valence-electron chi connectivity index (χ3n) is 6.55. The Morgan fingerprint density at radius 1 is 1.23 bits per heavy atom. The minimum Gasteiger partial charge on any atom is -0.324 e. The van der Waals surface area contributed by atoms with Crippen LogP contribution in [0.4, 0.5) is 20.2 Å². The zero-order valence-corrected chi connectivity index (χ0v) is 17.7. The molecular weight excluding hydrogens is 384 g/mol. The monoisotopic (exact) mass is 413 g/mol. The highest BCUT2D eigenvalue weighted by atomic mass is 19.3. The van der Waals surface area contributed by atoms with Gasteiger partial charge in [-0.15, -0.1) is 0 Å². The van der Waals surface area contributed by atoms with Gasteiger partial charge in [0.05, 0.1) is 5.69 Å². The molecule has 0 radical (unpaired) electrons. The van der Waals surface area contributed by atoms with Crippen molar-refractivity contribution in [3.63, 3.8) is 0 Å². The molecule has 1 amide bonds. The first kappa shape index (κ1) is 20.8. The summed E-state index contributed by atoms with van der Waals surface area (Å²) < 4.78 is 27.7. The zero-order valence-electron chi connectivity index (χ0n) is 17.7. The normalized spacial score (nSPS) is 22.7. The average molecular weight is 414 g/mol. The lowest BCUT2D eigenvalue weighted by atomic mass is 9.86. The Hall–Kier alpha value is -2.47. The number of hydrazine groups is 1. The molecule has 0 saturated heterocycles. The van der Waals surface area contributed by atoms with Crippen LogP contribution in [0.25, 0.3) is 0 Å². The summed E-state index contributed by atoms with van der Waals surface area (Å²) in [7, 11) is 0. The highest BCUT2D eigenvalue weighted by molar-refractivity contribution is 5.96. The lowest BCUT2D eigenvalue weighted by Gasteiger charge is -2.29. The van der Waals surface area contributed by atoms with E-state index in [-0.39, 0.29) is 5.41 Å². The quantitative estimate of drug-likeness (QED) is 0.635. The number of anilines is 2. The molecule has 1 heterocycles. The average Bonchev–Trinajstić information content (AvgIpc) is 2.87. The van der Waals surface area contributed by atoms with E-state index in [1.807, 2.05) is 24.3 Å². The van der Waals surface area contributed by atoms with Gasteiger partial charge in [-0.3, -0.25) is 4.79 Å². The minimum absolute atomic E-state index is 0.0390. The molecule has 2 aromatic carbocycles. The van der Waals surface area contributed by atoms with Crippen molar-refractivity contribution in [2.45, 2.75) is 70.4 Å². The predicted molar refractivity (Wildman–Crippen MR) is 116 cm³/mol. The number of carbonyl (C=O) groups excluding carboxylic acids is 1. The molecule has 6 heteroatoms. The van der Waals surface area contributed by atoms with Crippen LogP contribution in [-0.2, 0) is 16.6 Å². The molecule has 0 spiro atoms. The summed E-state index contributed by atoms with van der Waals surface area (Å²) in [6.07, 6.45) is 2.88. The summed E-state index contributed by atoms with van der Waals surface area (Å²) in [6.45, 7) is 3.80. The van der Waals surface area contributed by atoms with Crippen molar-refractivity contribution in [2.24, 2.45) is 0 Å². The van der Waals surface area contributed by atoms with Crippen molar-refractivity contribution in [2.75, 3.05) is 10.7 Å². The SMILES string of the molecule is CC[C@@H]1CC(C)(C)c2cccc(NC(=O)C3CCc4ccccc4NN3C(F)F)c21. The zero-order chi connectivity index (χ0) is 21.5. The van der Waals surface area contributed by atoms with Crippen molar-refractivity contribution >= 4 is 17.3 Å². The second kappa shape index (κ2) is 7.99. The highest BCUT2D eigenvalue weighted by Gasteiger charge is 2.39. The van der Waals surface area contributed by atoms with E-state index in [2.05, 4.69) is 37.6 Å². The fourth-order valence-electron chi connectivity index (χ4n) is 5.03. The van der Waals surface area contributed by atoms with Crippen LogP contribution >= 0.6 is 0 Å². The molecule has 2 N–H and O–H groups in total. The Morgan fingerprint density at radius 2 is 2.00 bits per heavy atom. The van der Waals surface area contributed by atoms with Gasteiger partial charge in [-0.05, 0) is 65.8 Å². The number of aryl methyl sites for hydroxylation is 1.